The molecule has 0 bridgehead atoms. The van der Waals surface area contributed by atoms with Gasteiger partial charge in [-0.05, 0) is 56.5 Å². The number of nitrogens with two attached hydrogens (primary N) is 1. The molecule has 4 nitrogen and oxygen atoms in total. The molecule has 1 aromatic carbocycles. The maximum Gasteiger partial charge on any atom is 0.250 e. The van der Waals surface area contributed by atoms with Crippen LogP contribution in [0.1, 0.15) is 36.5 Å². The maximum absolute atomic E-state index is 11.7. The molecule has 1 saturated heterocycles. The van der Waals surface area contributed by atoms with Crippen LogP contribution in [0, 0.1) is 5.92 Å². The van der Waals surface area contributed by atoms with Gasteiger partial charge in [-0.2, -0.15) is 0 Å². The van der Waals surface area contributed by atoms with Gasteiger partial charge in [-0.1, -0.05) is 22.9 Å². The van der Waals surface area contributed by atoms with Crippen LogP contribution in [0.25, 0.3) is 0 Å². The summed E-state index contributed by atoms with van der Waals surface area (Å²) >= 11 is 3.42. The number of piperidine rings is 1. The smallest absolute Gasteiger partial charge is 0.250 e. The van der Waals surface area contributed by atoms with Crippen molar-refractivity contribution in [1.82, 2.24) is 5.32 Å². The topological polar surface area (TPSA) is 58.4 Å². The first kappa shape index (κ1) is 16.3. The Labute approximate surface area is 135 Å². The lowest BCUT2D eigenvalue weighted by atomic mass is 9.97. The highest BCUT2D eigenvalue weighted by molar-refractivity contribution is 9.10. The molecule has 5 heteroatoms. The molecule has 21 heavy (non-hydrogen) atoms. The first-order valence-electron chi connectivity index (χ1n) is 7.66. The highest BCUT2D eigenvalue weighted by atomic mass is 79.9. The van der Waals surface area contributed by atoms with E-state index in [1.54, 1.807) is 0 Å². The van der Waals surface area contributed by atoms with Gasteiger partial charge >= 0.3 is 0 Å². The average molecular weight is 354 g/mol. The summed E-state index contributed by atoms with van der Waals surface area (Å²) in [5.74, 6) is 0.319. The van der Waals surface area contributed by atoms with Crippen molar-refractivity contribution < 1.29 is 4.79 Å². The van der Waals surface area contributed by atoms with Crippen LogP contribution in [0.15, 0.2) is 22.7 Å². The molecule has 0 radical (unpaired) electrons. The summed E-state index contributed by atoms with van der Waals surface area (Å²) in [6.07, 6.45) is 3.45. The number of nitrogens with zero attached hydrogens (tertiary/aromatic N) is 1. The van der Waals surface area contributed by atoms with Crippen LogP contribution in [0.3, 0.4) is 0 Å². The Morgan fingerprint density at radius 3 is 2.76 bits per heavy atom. The number of hydrogen-bond acceptors (Lipinski definition) is 3. The summed E-state index contributed by atoms with van der Waals surface area (Å²) in [4.78, 5) is 14.1. The molecule has 0 aliphatic carbocycles. The Kier molecular flexibility index (Phi) is 6.06. The van der Waals surface area contributed by atoms with Crippen molar-refractivity contribution in [2.45, 2.75) is 26.2 Å². The van der Waals surface area contributed by atoms with Crippen LogP contribution in [0.4, 0.5) is 5.69 Å². The third-order valence-corrected chi connectivity index (χ3v) is 4.49. The summed E-state index contributed by atoms with van der Waals surface area (Å²) in [5.41, 5.74) is 7.12. The molecule has 1 amide bonds. The Morgan fingerprint density at radius 1 is 1.43 bits per heavy atom. The van der Waals surface area contributed by atoms with E-state index in [4.69, 9.17) is 5.73 Å². The van der Waals surface area contributed by atoms with Crippen LogP contribution in [0.2, 0.25) is 0 Å². The minimum Gasteiger partial charge on any atom is -0.371 e. The zero-order valence-electron chi connectivity index (χ0n) is 12.6. The van der Waals surface area contributed by atoms with Crippen LogP contribution < -0.4 is 16.0 Å². The largest absolute Gasteiger partial charge is 0.371 e. The Balaban J connectivity index is 2.22. The van der Waals surface area contributed by atoms with Crippen molar-refractivity contribution in [1.29, 1.82) is 0 Å². The van der Waals surface area contributed by atoms with Gasteiger partial charge in [-0.25, -0.2) is 0 Å². The van der Waals surface area contributed by atoms with Crippen molar-refractivity contribution in [2.75, 3.05) is 31.1 Å². The number of anilines is 1. The van der Waals surface area contributed by atoms with Crippen molar-refractivity contribution in [2.24, 2.45) is 11.7 Å². The number of primary amides is 1. The molecule has 3 N–H and O–H groups in total. The van der Waals surface area contributed by atoms with E-state index in [9.17, 15) is 4.79 Å². The SMILES string of the molecule is CCCN(CC1CCNCC1)c1ccc(Br)cc1C(N)=O. The molecule has 0 saturated carbocycles. The summed E-state index contributed by atoms with van der Waals surface area (Å²) in [7, 11) is 0. The highest BCUT2D eigenvalue weighted by Gasteiger charge is 2.20. The van der Waals surface area contributed by atoms with Gasteiger partial charge in [-0.15, -0.1) is 0 Å². The number of halogens is 1. The van der Waals surface area contributed by atoms with Crippen molar-refractivity contribution in [3.63, 3.8) is 0 Å². The Morgan fingerprint density at radius 2 is 2.14 bits per heavy atom. The molecule has 0 unspecified atom stereocenters. The maximum atomic E-state index is 11.7. The minimum atomic E-state index is -0.363. The minimum absolute atomic E-state index is 0.363. The van der Waals surface area contributed by atoms with E-state index in [1.807, 2.05) is 18.2 Å². The number of amides is 1. The van der Waals surface area contributed by atoms with E-state index in [1.165, 1.54) is 12.8 Å². The fourth-order valence-corrected chi connectivity index (χ4v) is 3.30. The predicted octanol–water partition coefficient (Wildman–Crippen LogP) is 2.76. The summed E-state index contributed by atoms with van der Waals surface area (Å²) < 4.78 is 0.887. The van der Waals surface area contributed by atoms with Gasteiger partial charge < -0.3 is 16.0 Å². The molecule has 1 heterocycles. The molecular formula is C16H24BrN3O. The molecule has 2 rings (SSSR count). The monoisotopic (exact) mass is 353 g/mol. The lowest BCUT2D eigenvalue weighted by Crippen LogP contribution is -2.37. The third-order valence-electron chi connectivity index (χ3n) is 4.00. The van der Waals surface area contributed by atoms with Crippen LogP contribution in [0.5, 0.6) is 0 Å². The van der Waals surface area contributed by atoms with Crippen LogP contribution in [-0.2, 0) is 0 Å². The molecule has 1 fully saturated rings. The van der Waals surface area contributed by atoms with Crippen molar-refractivity contribution in [3.05, 3.63) is 28.2 Å². The van der Waals surface area contributed by atoms with E-state index in [-0.39, 0.29) is 5.91 Å². The zero-order chi connectivity index (χ0) is 15.2. The second-order valence-corrected chi connectivity index (χ2v) is 6.58. The highest BCUT2D eigenvalue weighted by Crippen LogP contribution is 2.27. The van der Waals surface area contributed by atoms with E-state index < -0.39 is 0 Å². The normalized spacial score (nSPS) is 15.9. The number of nitrogens with one attached hydrogen (secondary N) is 1. The third kappa shape index (κ3) is 4.45. The average Bonchev–Trinajstić information content (AvgIpc) is 2.48. The van der Waals surface area contributed by atoms with Gasteiger partial charge in [-0.3, -0.25) is 4.79 Å². The fraction of sp³-hybridized carbons (Fsp3) is 0.562. The second kappa shape index (κ2) is 7.80. The van der Waals surface area contributed by atoms with E-state index in [0.29, 0.717) is 11.5 Å². The molecule has 1 aliphatic rings. The molecule has 0 atom stereocenters. The molecule has 1 aliphatic heterocycles. The number of benzene rings is 1. The number of hydrogen-bond donors (Lipinski definition) is 2. The molecule has 0 aromatic heterocycles. The standard InChI is InChI=1S/C16H24BrN3O/c1-2-9-20(11-12-5-7-19-8-6-12)15-4-3-13(17)10-14(15)16(18)21/h3-4,10,12,19H,2,5-9,11H2,1H3,(H2,18,21). The van der Waals surface area contributed by atoms with Gasteiger partial charge in [0.2, 0.25) is 0 Å². The quantitative estimate of drug-likeness (QED) is 0.826. The predicted molar refractivity (Wildman–Crippen MR) is 90.8 cm³/mol. The summed E-state index contributed by atoms with van der Waals surface area (Å²) in [5, 5.41) is 3.40. The van der Waals surface area contributed by atoms with Gasteiger partial charge in [0.25, 0.3) is 5.91 Å². The van der Waals surface area contributed by atoms with Crippen molar-refractivity contribution >= 4 is 27.5 Å². The van der Waals surface area contributed by atoms with E-state index in [0.717, 1.165) is 42.8 Å². The van der Waals surface area contributed by atoms with Gasteiger partial charge in [0.15, 0.2) is 0 Å². The van der Waals surface area contributed by atoms with E-state index in [2.05, 4.69) is 33.1 Å². The van der Waals surface area contributed by atoms with Crippen LogP contribution in [-0.4, -0.2) is 32.1 Å². The molecule has 0 spiro atoms. The van der Waals surface area contributed by atoms with Gasteiger partial charge in [0.1, 0.15) is 0 Å². The number of carbonyl (C=O) groups excluding carboxylic acids is 1. The van der Waals surface area contributed by atoms with Gasteiger partial charge in [0, 0.05) is 23.2 Å². The zero-order valence-corrected chi connectivity index (χ0v) is 14.2. The lowest BCUT2D eigenvalue weighted by molar-refractivity contribution is 0.100. The first-order valence-corrected chi connectivity index (χ1v) is 8.46. The lowest BCUT2D eigenvalue weighted by Gasteiger charge is -2.32. The Hall–Kier alpha value is -1.07. The molecular weight excluding hydrogens is 330 g/mol. The number of carbonyl (C=O) groups is 1. The van der Waals surface area contributed by atoms with Gasteiger partial charge in [0.05, 0.1) is 5.56 Å². The molecule has 1 aromatic rings. The number of rotatable bonds is 6. The first-order chi connectivity index (χ1) is 10.1. The van der Waals surface area contributed by atoms with Crippen molar-refractivity contribution in [3.8, 4) is 0 Å². The van der Waals surface area contributed by atoms with E-state index >= 15 is 0 Å². The van der Waals surface area contributed by atoms with Crippen LogP contribution >= 0.6 is 15.9 Å². The summed E-state index contributed by atoms with van der Waals surface area (Å²) in [6.45, 7) is 6.29. The summed E-state index contributed by atoms with van der Waals surface area (Å²) in [6, 6.07) is 5.80. The fourth-order valence-electron chi connectivity index (χ4n) is 2.94. The second-order valence-electron chi connectivity index (χ2n) is 5.67. The Bertz CT molecular complexity index is 486. The molecule has 116 valence electrons.